The maximum absolute atomic E-state index is 13.5. The number of halogens is 1. The van der Waals surface area contributed by atoms with Gasteiger partial charge in [-0.1, -0.05) is 42.6 Å². The number of carbonyl (C=O) groups excluding carboxylic acids is 1. The van der Waals surface area contributed by atoms with Gasteiger partial charge in [-0.2, -0.15) is 0 Å². The summed E-state index contributed by atoms with van der Waals surface area (Å²) in [5, 5.41) is 9.04. The van der Waals surface area contributed by atoms with Crippen molar-refractivity contribution in [3.8, 4) is 0 Å². The monoisotopic (exact) mass is 429 g/mol. The van der Waals surface area contributed by atoms with Crippen molar-refractivity contribution >= 4 is 39.3 Å². The molecule has 6 nitrogen and oxygen atoms in total. The maximum atomic E-state index is 13.5. The largest absolute Gasteiger partial charge is 0.360 e. The van der Waals surface area contributed by atoms with Crippen LogP contribution in [0.4, 0.5) is 0 Å². The maximum Gasteiger partial charge on any atom is 0.264 e. The van der Waals surface area contributed by atoms with Crippen molar-refractivity contribution < 1.29 is 9.32 Å². The van der Waals surface area contributed by atoms with Gasteiger partial charge in [-0.05, 0) is 50.7 Å². The first-order valence-electron chi connectivity index (χ1n) is 10.9. The van der Waals surface area contributed by atoms with Crippen LogP contribution in [0.25, 0.3) is 21.8 Å². The number of nitrogens with one attached hydrogen (secondary N) is 1. The molecular formula is C23H28ClN3O3. The topological polar surface area (TPSA) is 77.1 Å². The number of pyridine rings is 1. The molecule has 0 bridgehead atoms. The van der Waals surface area contributed by atoms with Crippen LogP contribution in [0.5, 0.6) is 0 Å². The van der Waals surface area contributed by atoms with Gasteiger partial charge in [0.25, 0.3) is 5.56 Å². The van der Waals surface area contributed by atoms with Crippen molar-refractivity contribution in [1.29, 1.82) is 0 Å². The Morgan fingerprint density at radius 3 is 2.97 bits per heavy atom. The molecule has 1 amide bonds. The summed E-state index contributed by atoms with van der Waals surface area (Å²) in [7, 11) is 0. The van der Waals surface area contributed by atoms with Gasteiger partial charge < -0.3 is 14.4 Å². The van der Waals surface area contributed by atoms with E-state index in [1.807, 2.05) is 22.8 Å². The van der Waals surface area contributed by atoms with E-state index < -0.39 is 0 Å². The summed E-state index contributed by atoms with van der Waals surface area (Å²) in [5.41, 5.74) is 1.26. The number of unbranched alkanes of at least 4 members (excludes halogenated alkanes) is 1. The molecule has 1 saturated carbocycles. The second-order valence-corrected chi connectivity index (χ2v) is 8.77. The molecule has 4 rings (SSSR count). The number of aryl methyl sites for hydroxylation is 1. The van der Waals surface area contributed by atoms with E-state index in [0.29, 0.717) is 40.6 Å². The van der Waals surface area contributed by atoms with Gasteiger partial charge in [0.15, 0.2) is 0 Å². The van der Waals surface area contributed by atoms with Gasteiger partial charge >= 0.3 is 0 Å². The molecule has 1 aromatic carbocycles. The van der Waals surface area contributed by atoms with Crippen LogP contribution in [0.1, 0.15) is 63.7 Å². The highest BCUT2D eigenvalue weighted by Crippen LogP contribution is 2.36. The predicted octanol–water partition coefficient (Wildman–Crippen LogP) is 5.14. The Morgan fingerprint density at radius 2 is 2.17 bits per heavy atom. The fourth-order valence-corrected chi connectivity index (χ4v) is 4.96. The summed E-state index contributed by atoms with van der Waals surface area (Å²) < 4.78 is 7.24. The van der Waals surface area contributed by atoms with E-state index in [1.54, 1.807) is 6.92 Å². The smallest absolute Gasteiger partial charge is 0.264 e. The molecule has 0 spiro atoms. The number of aromatic nitrogens is 2. The number of amides is 1. The molecule has 0 unspecified atom stereocenters. The second-order valence-electron chi connectivity index (χ2n) is 8.37. The number of nitrogens with zero attached hydrogens (tertiary/aromatic N) is 2. The Bertz CT molecular complexity index is 1130. The highest BCUT2D eigenvalue weighted by Gasteiger charge is 2.28. The summed E-state index contributed by atoms with van der Waals surface area (Å²) >= 11 is 6.52. The average molecular weight is 430 g/mol. The number of hydrogen-bond donors (Lipinski definition) is 1. The van der Waals surface area contributed by atoms with Gasteiger partial charge in [-0.25, -0.2) is 0 Å². The number of fused-ring (bicyclic) bond motifs is 3. The molecule has 1 aliphatic carbocycles. The third-order valence-corrected chi connectivity index (χ3v) is 6.56. The lowest BCUT2D eigenvalue weighted by Gasteiger charge is -2.31. The van der Waals surface area contributed by atoms with Crippen molar-refractivity contribution in [3.63, 3.8) is 0 Å². The van der Waals surface area contributed by atoms with E-state index in [9.17, 15) is 9.59 Å². The van der Waals surface area contributed by atoms with Crippen LogP contribution in [0.2, 0.25) is 5.02 Å². The molecule has 2 atom stereocenters. The fraction of sp³-hybridized carbons (Fsp3) is 0.522. The molecule has 1 aliphatic rings. The van der Waals surface area contributed by atoms with Crippen molar-refractivity contribution in [2.75, 3.05) is 6.54 Å². The highest BCUT2D eigenvalue weighted by molar-refractivity contribution is 6.37. The normalized spacial score (nSPS) is 19.4. The SMILES string of the molecule is CCCCC(=O)NC[C@H]1CCC[C@@H](n2c(=O)c3c(C)onc3c3c(Cl)cccc32)C1. The van der Waals surface area contributed by atoms with E-state index >= 15 is 0 Å². The summed E-state index contributed by atoms with van der Waals surface area (Å²) in [6.45, 7) is 4.52. The van der Waals surface area contributed by atoms with Crippen molar-refractivity contribution in [3.05, 3.63) is 39.3 Å². The minimum atomic E-state index is -0.0730. The molecular weight excluding hydrogens is 402 g/mol. The summed E-state index contributed by atoms with van der Waals surface area (Å²) in [6, 6.07) is 5.68. The molecule has 1 N–H and O–H groups in total. The molecule has 1 fully saturated rings. The van der Waals surface area contributed by atoms with Crippen LogP contribution in [-0.2, 0) is 4.79 Å². The van der Waals surface area contributed by atoms with E-state index in [1.165, 1.54) is 0 Å². The number of carbonyl (C=O) groups is 1. The number of rotatable bonds is 6. The molecule has 3 aromatic rings. The zero-order valence-electron chi connectivity index (χ0n) is 17.5. The van der Waals surface area contributed by atoms with E-state index in [0.717, 1.165) is 49.4 Å². The van der Waals surface area contributed by atoms with Crippen LogP contribution < -0.4 is 10.9 Å². The zero-order chi connectivity index (χ0) is 21.3. The van der Waals surface area contributed by atoms with Crippen LogP contribution in [0.3, 0.4) is 0 Å². The van der Waals surface area contributed by atoms with Gasteiger partial charge in [0.1, 0.15) is 16.7 Å². The molecule has 2 heterocycles. The second kappa shape index (κ2) is 8.80. The van der Waals surface area contributed by atoms with Crippen LogP contribution in [-0.4, -0.2) is 22.2 Å². The highest BCUT2D eigenvalue weighted by atomic mass is 35.5. The lowest BCUT2D eigenvalue weighted by atomic mass is 9.85. The summed E-state index contributed by atoms with van der Waals surface area (Å²) in [4.78, 5) is 25.5. The Morgan fingerprint density at radius 1 is 1.33 bits per heavy atom. The van der Waals surface area contributed by atoms with Gasteiger partial charge in [-0.3, -0.25) is 9.59 Å². The quantitative estimate of drug-likeness (QED) is 0.588. The first-order chi connectivity index (χ1) is 14.5. The van der Waals surface area contributed by atoms with Crippen molar-refractivity contribution in [2.24, 2.45) is 5.92 Å². The van der Waals surface area contributed by atoms with Gasteiger partial charge in [-0.15, -0.1) is 0 Å². The molecule has 7 heteroatoms. The van der Waals surface area contributed by atoms with Gasteiger partial charge in [0, 0.05) is 24.4 Å². The predicted molar refractivity (Wildman–Crippen MR) is 119 cm³/mol. The zero-order valence-corrected chi connectivity index (χ0v) is 18.3. The Hall–Kier alpha value is -2.34. The Kier molecular flexibility index (Phi) is 6.14. The Labute approximate surface area is 180 Å². The number of hydrogen-bond acceptors (Lipinski definition) is 4. The molecule has 0 radical (unpaired) electrons. The molecule has 0 saturated heterocycles. The summed E-state index contributed by atoms with van der Waals surface area (Å²) in [5.74, 6) is 0.991. The van der Waals surface area contributed by atoms with Crippen molar-refractivity contribution in [1.82, 2.24) is 15.0 Å². The molecule has 160 valence electrons. The fourth-order valence-electron chi connectivity index (χ4n) is 4.70. The molecule has 30 heavy (non-hydrogen) atoms. The summed E-state index contributed by atoms with van der Waals surface area (Å²) in [6.07, 6.45) is 6.38. The van der Waals surface area contributed by atoms with Gasteiger partial charge in [0.05, 0.1) is 10.5 Å². The van der Waals surface area contributed by atoms with E-state index in [2.05, 4.69) is 17.4 Å². The Balaban J connectivity index is 1.67. The first kappa shape index (κ1) is 20.9. The van der Waals surface area contributed by atoms with Crippen molar-refractivity contribution in [2.45, 2.75) is 64.8 Å². The van der Waals surface area contributed by atoms with E-state index in [-0.39, 0.29) is 17.5 Å². The minimum absolute atomic E-state index is 0.0588. The minimum Gasteiger partial charge on any atom is -0.360 e. The number of benzene rings is 1. The average Bonchev–Trinajstić information content (AvgIpc) is 3.13. The lowest BCUT2D eigenvalue weighted by molar-refractivity contribution is -0.121. The molecule has 0 aliphatic heterocycles. The van der Waals surface area contributed by atoms with Gasteiger partial charge in [0.2, 0.25) is 5.91 Å². The lowest BCUT2D eigenvalue weighted by Crippen LogP contribution is -2.34. The van der Waals surface area contributed by atoms with Crippen LogP contribution >= 0.6 is 11.6 Å². The van der Waals surface area contributed by atoms with Crippen LogP contribution in [0, 0.1) is 12.8 Å². The van der Waals surface area contributed by atoms with Crippen LogP contribution in [0.15, 0.2) is 27.5 Å². The third kappa shape index (κ3) is 3.85. The standard InChI is InChI=1S/C23H28ClN3O3/c1-3-4-11-19(28)25-13-15-7-5-8-16(12-15)27-18-10-6-9-17(24)21(18)22-20(23(27)29)14(2)30-26-22/h6,9-10,15-16H,3-5,7-8,11-13H2,1-2H3,(H,25,28)/t15-,16+/m0/s1. The van der Waals surface area contributed by atoms with E-state index in [4.69, 9.17) is 16.1 Å². The third-order valence-electron chi connectivity index (χ3n) is 6.25. The first-order valence-corrected chi connectivity index (χ1v) is 11.2. The molecule has 2 aromatic heterocycles.